The van der Waals surface area contributed by atoms with E-state index >= 15 is 0 Å². The topological polar surface area (TPSA) is 237 Å². The van der Waals surface area contributed by atoms with E-state index in [4.69, 9.17) is 37.0 Å². The first kappa shape index (κ1) is 100. The van der Waals surface area contributed by atoms with Gasteiger partial charge in [0.15, 0.2) is 12.2 Å². The summed E-state index contributed by atoms with van der Waals surface area (Å²) < 4.78 is 68.6. The molecule has 602 valence electrons. The van der Waals surface area contributed by atoms with E-state index in [9.17, 15) is 43.2 Å². The van der Waals surface area contributed by atoms with Crippen LogP contribution in [0.4, 0.5) is 0 Å². The minimum atomic E-state index is -5.01. The third-order valence-electron chi connectivity index (χ3n) is 16.2. The predicted molar refractivity (Wildman–Crippen MR) is 436 cm³/mol. The van der Waals surface area contributed by atoms with E-state index in [2.05, 4.69) is 186 Å². The van der Waals surface area contributed by atoms with E-state index in [1.165, 1.54) is 19.3 Å². The molecule has 5 unspecified atom stereocenters. The summed E-state index contributed by atoms with van der Waals surface area (Å²) in [5, 5.41) is 10.7. The van der Waals surface area contributed by atoms with Crippen molar-refractivity contribution in [3.8, 4) is 0 Å². The summed E-state index contributed by atoms with van der Waals surface area (Å²) in [4.78, 5) is 73.1. The molecule has 5 atom stereocenters. The zero-order valence-corrected chi connectivity index (χ0v) is 67.6. The monoisotopic (exact) mass is 1520 g/mol. The molecule has 0 rings (SSSR count). The van der Waals surface area contributed by atoms with Crippen molar-refractivity contribution in [2.24, 2.45) is 0 Å². The standard InChI is InChI=1S/C87H142O17P2/c1-5-9-13-17-21-25-29-33-37-39-40-42-45-48-52-56-60-64-68-72-85(90)98-78-83(104-87(92)74-70-66-62-58-54-50-46-41-38-34-30-26-22-18-14-10-6-2)80-102-106(95,96)100-76-81(88)75-99-105(93,94)101-79-82(103-86(91)73-69-65-61-57-53-49-44-36-32-28-24-20-16-12-8-4)77-97-84(89)71-67-63-59-55-51-47-43-35-31-27-23-19-15-11-7-3/h9-11,13-15,21-28,33-38,40,42-44,46,50,58,62,81-83,88H,5-8,12,16-20,29-32,39,41,45,47-49,51-57,59-61,63-80H2,1-4H3,(H,93,94)(H,95,96)/b13-9-,14-10-,15-11-,25-21-,26-22-,27-23-,28-24-,37-33-,38-34-,42-40-,43-35-,44-36-,50-46-,62-58-. The number of carbonyl (C=O) groups is 4. The SMILES string of the molecule is CC/C=C\C/C=C\C/C=C\C/C=C\C/C=C\CCCC(=O)OC(COC(=O)CCCCCCCC/C=C\C/C=C\C/C=C\C/C=C\CC)COP(=O)(O)OCC(O)COP(=O)(O)OCC(COC(=O)CCCCCCC/C=C\C/C=C\C/C=C\CC)OC(=O)CCCCCCC/C=C\C/C=C\CCCCC. The zero-order valence-electron chi connectivity index (χ0n) is 65.8. The van der Waals surface area contributed by atoms with Crippen LogP contribution >= 0.6 is 15.6 Å². The van der Waals surface area contributed by atoms with Gasteiger partial charge in [-0.2, -0.15) is 0 Å². The van der Waals surface area contributed by atoms with Crippen LogP contribution in [0.2, 0.25) is 0 Å². The molecule has 0 amide bonds. The molecule has 0 heterocycles. The van der Waals surface area contributed by atoms with Crippen molar-refractivity contribution in [1.29, 1.82) is 0 Å². The smallest absolute Gasteiger partial charge is 0.462 e. The predicted octanol–water partition coefficient (Wildman–Crippen LogP) is 23.8. The van der Waals surface area contributed by atoms with E-state index in [0.717, 1.165) is 193 Å². The third-order valence-corrected chi connectivity index (χ3v) is 18.1. The number of allylic oxidation sites excluding steroid dienone is 28. The molecule has 0 aliphatic heterocycles. The molecule has 0 saturated heterocycles. The first-order valence-corrected chi connectivity index (χ1v) is 43.4. The Morgan fingerprint density at radius 3 is 0.792 bits per heavy atom. The van der Waals surface area contributed by atoms with Gasteiger partial charge in [0.05, 0.1) is 26.4 Å². The fourth-order valence-corrected chi connectivity index (χ4v) is 11.7. The van der Waals surface area contributed by atoms with Crippen molar-refractivity contribution in [3.05, 3.63) is 170 Å². The molecule has 0 aromatic carbocycles. The van der Waals surface area contributed by atoms with Gasteiger partial charge in [-0.25, -0.2) is 9.13 Å². The van der Waals surface area contributed by atoms with E-state index < -0.39 is 97.5 Å². The number of carbonyl (C=O) groups excluding carboxylic acids is 4. The first-order chi connectivity index (χ1) is 51.7. The van der Waals surface area contributed by atoms with Gasteiger partial charge in [-0.1, -0.05) is 275 Å². The maximum atomic E-state index is 13.1. The molecule has 3 N–H and O–H groups in total. The number of ether oxygens (including phenoxy) is 4. The van der Waals surface area contributed by atoms with E-state index in [1.54, 1.807) is 0 Å². The molecular weight excluding hydrogens is 1380 g/mol. The van der Waals surface area contributed by atoms with Crippen LogP contribution in [0.3, 0.4) is 0 Å². The summed E-state index contributed by atoms with van der Waals surface area (Å²) in [5.41, 5.74) is 0. The highest BCUT2D eigenvalue weighted by Gasteiger charge is 2.30. The second-order valence-electron chi connectivity index (χ2n) is 26.2. The van der Waals surface area contributed by atoms with Gasteiger partial charge in [0, 0.05) is 25.7 Å². The van der Waals surface area contributed by atoms with Gasteiger partial charge in [-0.3, -0.25) is 37.3 Å². The quantitative estimate of drug-likeness (QED) is 0.0169. The van der Waals surface area contributed by atoms with Crippen molar-refractivity contribution in [2.75, 3.05) is 39.6 Å². The maximum Gasteiger partial charge on any atom is 0.472 e. The Hall–Kier alpha value is -5.58. The number of unbranched alkanes of at least 4 members (excludes halogenated alkanes) is 20. The summed E-state index contributed by atoms with van der Waals surface area (Å²) >= 11 is 0. The van der Waals surface area contributed by atoms with E-state index in [-0.39, 0.29) is 25.7 Å². The van der Waals surface area contributed by atoms with Crippen LogP contribution in [0, 0.1) is 0 Å². The first-order valence-electron chi connectivity index (χ1n) is 40.4. The van der Waals surface area contributed by atoms with Crippen molar-refractivity contribution < 1.29 is 80.2 Å². The van der Waals surface area contributed by atoms with Gasteiger partial charge < -0.3 is 33.8 Å². The van der Waals surface area contributed by atoms with Gasteiger partial charge in [0.25, 0.3) is 0 Å². The Bertz CT molecular complexity index is 2680. The molecule has 0 aromatic heterocycles. The second-order valence-corrected chi connectivity index (χ2v) is 29.1. The number of phosphoric ester groups is 2. The van der Waals surface area contributed by atoms with Gasteiger partial charge in [-0.05, 0) is 167 Å². The Balaban J connectivity index is 5.47. The Labute approximate surface area is 642 Å². The van der Waals surface area contributed by atoms with E-state index in [1.807, 2.05) is 12.2 Å². The van der Waals surface area contributed by atoms with Crippen molar-refractivity contribution in [2.45, 2.75) is 316 Å². The highest BCUT2D eigenvalue weighted by molar-refractivity contribution is 7.47. The Kier molecular flexibility index (Phi) is 73.5. The van der Waals surface area contributed by atoms with Crippen LogP contribution in [0.5, 0.6) is 0 Å². The van der Waals surface area contributed by atoms with E-state index in [0.29, 0.717) is 32.1 Å². The number of rotatable bonds is 74. The number of aliphatic hydroxyl groups is 1. The summed E-state index contributed by atoms with van der Waals surface area (Å²) in [6, 6.07) is 0. The van der Waals surface area contributed by atoms with Crippen molar-refractivity contribution >= 4 is 39.5 Å². The molecule has 0 aliphatic rings. The number of aliphatic hydroxyl groups excluding tert-OH is 1. The molecule has 0 aromatic rings. The zero-order chi connectivity index (χ0) is 77.4. The maximum absolute atomic E-state index is 13.1. The molecule has 0 radical (unpaired) electrons. The summed E-state index contributed by atoms with van der Waals surface area (Å²) in [6.45, 7) is 4.39. The summed E-state index contributed by atoms with van der Waals surface area (Å²) in [7, 11) is -10.0. The Morgan fingerprint density at radius 2 is 0.500 bits per heavy atom. The number of phosphoric acid groups is 2. The number of hydrogen-bond donors (Lipinski definition) is 3. The van der Waals surface area contributed by atoms with Gasteiger partial charge >= 0.3 is 39.5 Å². The highest BCUT2D eigenvalue weighted by atomic mass is 31.2. The lowest BCUT2D eigenvalue weighted by Crippen LogP contribution is -2.30. The lowest BCUT2D eigenvalue weighted by molar-refractivity contribution is -0.161. The normalized spacial score (nSPS) is 14.7. The second kappa shape index (κ2) is 77.6. The largest absolute Gasteiger partial charge is 0.472 e. The molecule has 19 heteroatoms. The Morgan fingerprint density at radius 1 is 0.274 bits per heavy atom. The molecule has 0 fully saturated rings. The fourth-order valence-electron chi connectivity index (χ4n) is 10.1. The van der Waals surface area contributed by atoms with Gasteiger partial charge in [0.2, 0.25) is 0 Å². The minimum Gasteiger partial charge on any atom is -0.462 e. The molecule has 0 bridgehead atoms. The average Bonchev–Trinajstić information content (AvgIpc) is 0.907. The summed E-state index contributed by atoms with van der Waals surface area (Å²) in [6.07, 6.45) is 91.9. The van der Waals surface area contributed by atoms with Crippen LogP contribution in [-0.4, -0.2) is 96.7 Å². The van der Waals surface area contributed by atoms with Crippen LogP contribution < -0.4 is 0 Å². The highest BCUT2D eigenvalue weighted by Crippen LogP contribution is 2.45. The van der Waals surface area contributed by atoms with Crippen LogP contribution in [0.1, 0.15) is 297 Å². The lowest BCUT2D eigenvalue weighted by Gasteiger charge is -2.21. The molecule has 0 saturated carbocycles. The molecule has 0 aliphatic carbocycles. The third kappa shape index (κ3) is 76.6. The molecule has 106 heavy (non-hydrogen) atoms. The van der Waals surface area contributed by atoms with Crippen molar-refractivity contribution in [1.82, 2.24) is 0 Å². The average molecular weight is 1520 g/mol. The molecule has 17 nitrogen and oxygen atoms in total. The minimum absolute atomic E-state index is 0.00660. The van der Waals surface area contributed by atoms with Gasteiger partial charge in [-0.15, -0.1) is 0 Å². The lowest BCUT2D eigenvalue weighted by atomic mass is 10.1. The summed E-state index contributed by atoms with van der Waals surface area (Å²) in [5.74, 6) is -2.30. The fraction of sp³-hybridized carbons (Fsp3) is 0.632. The number of hydrogen-bond acceptors (Lipinski definition) is 15. The van der Waals surface area contributed by atoms with Crippen LogP contribution in [0.15, 0.2) is 170 Å². The van der Waals surface area contributed by atoms with Crippen molar-refractivity contribution in [3.63, 3.8) is 0 Å². The number of esters is 4. The molecule has 0 spiro atoms. The molecular formula is C87H142O17P2. The van der Waals surface area contributed by atoms with Gasteiger partial charge in [0.1, 0.15) is 19.3 Å². The van der Waals surface area contributed by atoms with Crippen LogP contribution in [0.25, 0.3) is 0 Å². The van der Waals surface area contributed by atoms with Crippen LogP contribution in [-0.2, 0) is 65.4 Å².